The molecule has 1 aromatic carbocycles. The van der Waals surface area contributed by atoms with E-state index in [9.17, 15) is 22.4 Å². The number of fused-ring (bicyclic) bond motifs is 1. The predicted molar refractivity (Wildman–Crippen MR) is 151 cm³/mol. The van der Waals surface area contributed by atoms with Crippen LogP contribution in [-0.2, 0) is 6.18 Å². The molecule has 0 radical (unpaired) electrons. The molecule has 0 unspecified atom stereocenters. The van der Waals surface area contributed by atoms with E-state index in [0.29, 0.717) is 42.2 Å². The fourth-order valence-corrected chi connectivity index (χ4v) is 6.48. The molecule has 2 saturated carbocycles. The topological polar surface area (TPSA) is 114 Å². The number of hydrogen-bond donors (Lipinski definition) is 3. The van der Waals surface area contributed by atoms with Crippen LogP contribution in [0.2, 0.25) is 0 Å². The van der Waals surface area contributed by atoms with Gasteiger partial charge in [0, 0.05) is 37.3 Å². The van der Waals surface area contributed by atoms with Gasteiger partial charge in [-0.2, -0.15) is 23.1 Å². The van der Waals surface area contributed by atoms with Crippen LogP contribution in [0, 0.1) is 5.82 Å². The molecule has 9 nitrogen and oxygen atoms in total. The summed E-state index contributed by atoms with van der Waals surface area (Å²) in [5.41, 5.74) is 5.56. The number of halogens is 4. The van der Waals surface area contributed by atoms with Crippen LogP contribution in [0.25, 0.3) is 11.2 Å². The molecule has 3 aliphatic rings. The van der Waals surface area contributed by atoms with E-state index in [1.807, 2.05) is 6.33 Å². The fraction of sp³-hybridized carbons (Fsp3) is 0.586. The number of nitrogens with two attached hydrogens (primary N) is 1. The summed E-state index contributed by atoms with van der Waals surface area (Å²) >= 11 is 0. The summed E-state index contributed by atoms with van der Waals surface area (Å²) in [6, 6.07) is 3.57. The van der Waals surface area contributed by atoms with Crippen molar-refractivity contribution in [3.63, 3.8) is 0 Å². The highest BCUT2D eigenvalue weighted by molar-refractivity contribution is 5.95. The first-order valence-electron chi connectivity index (χ1n) is 14.9. The van der Waals surface area contributed by atoms with Gasteiger partial charge < -0.3 is 25.8 Å². The lowest BCUT2D eigenvalue weighted by atomic mass is 9.92. The number of aromatic nitrogens is 4. The Morgan fingerprint density at radius 3 is 2.31 bits per heavy atom. The van der Waals surface area contributed by atoms with Crippen molar-refractivity contribution >= 4 is 28.8 Å². The van der Waals surface area contributed by atoms with Gasteiger partial charge in [-0.3, -0.25) is 4.79 Å². The van der Waals surface area contributed by atoms with Crippen molar-refractivity contribution in [3.05, 3.63) is 41.5 Å². The van der Waals surface area contributed by atoms with Gasteiger partial charge in [0.05, 0.1) is 17.5 Å². The Balaban J connectivity index is 1.18. The Morgan fingerprint density at radius 1 is 0.929 bits per heavy atom. The van der Waals surface area contributed by atoms with Crippen LogP contribution in [0.15, 0.2) is 24.5 Å². The highest BCUT2D eigenvalue weighted by Crippen LogP contribution is 2.35. The van der Waals surface area contributed by atoms with Crippen molar-refractivity contribution in [2.75, 3.05) is 23.7 Å². The lowest BCUT2D eigenvalue weighted by Crippen LogP contribution is -2.43. The van der Waals surface area contributed by atoms with Crippen LogP contribution in [-0.4, -0.2) is 61.5 Å². The maximum Gasteiger partial charge on any atom is 0.419 e. The largest absolute Gasteiger partial charge is 0.419 e. The van der Waals surface area contributed by atoms with E-state index in [4.69, 9.17) is 15.7 Å². The number of piperidine rings is 1. The molecule has 6 rings (SSSR count). The number of imidazole rings is 1. The van der Waals surface area contributed by atoms with Crippen molar-refractivity contribution in [1.82, 2.24) is 24.4 Å². The minimum atomic E-state index is -4.87. The van der Waals surface area contributed by atoms with E-state index in [1.54, 1.807) is 0 Å². The van der Waals surface area contributed by atoms with Gasteiger partial charge in [0.2, 0.25) is 5.95 Å². The van der Waals surface area contributed by atoms with Crippen molar-refractivity contribution in [3.8, 4) is 0 Å². The van der Waals surface area contributed by atoms with E-state index in [-0.39, 0.29) is 31.2 Å². The van der Waals surface area contributed by atoms with E-state index in [2.05, 4.69) is 20.2 Å². The molecule has 3 heterocycles. The number of nitrogens with one attached hydrogen (secondary N) is 2. The molecule has 1 amide bonds. The van der Waals surface area contributed by atoms with Gasteiger partial charge in [-0.05, 0) is 63.5 Å². The zero-order chi connectivity index (χ0) is 29.4. The minimum Gasteiger partial charge on any atom is -0.365 e. The third kappa shape index (κ3) is 5.88. The summed E-state index contributed by atoms with van der Waals surface area (Å²) in [6.07, 6.45) is 6.33. The number of benzene rings is 1. The van der Waals surface area contributed by atoms with Crippen LogP contribution >= 0.6 is 0 Å². The van der Waals surface area contributed by atoms with Crippen LogP contribution < -0.4 is 16.4 Å². The Bertz CT molecular complexity index is 1420. The van der Waals surface area contributed by atoms with Gasteiger partial charge in [-0.25, -0.2) is 9.37 Å². The van der Waals surface area contributed by atoms with Crippen LogP contribution in [0.1, 0.15) is 86.2 Å². The second kappa shape index (κ2) is 11.7. The van der Waals surface area contributed by atoms with Gasteiger partial charge in [0.15, 0.2) is 17.0 Å². The van der Waals surface area contributed by atoms with E-state index in [0.717, 1.165) is 56.3 Å². The maximum atomic E-state index is 14.6. The molecular weight excluding hydrogens is 552 g/mol. The first-order chi connectivity index (χ1) is 20.2. The molecule has 42 heavy (non-hydrogen) atoms. The molecule has 1 saturated heterocycles. The molecule has 0 bridgehead atoms. The lowest BCUT2D eigenvalue weighted by molar-refractivity contribution is -0.140. The Morgan fingerprint density at radius 2 is 1.62 bits per heavy atom. The molecule has 0 spiro atoms. The number of likely N-dealkylation sites (tertiary alicyclic amines) is 1. The van der Waals surface area contributed by atoms with Gasteiger partial charge in [-0.15, -0.1) is 0 Å². The molecule has 3 fully saturated rings. The van der Waals surface area contributed by atoms with Crippen LogP contribution in [0.4, 0.5) is 29.3 Å². The molecule has 4 N–H and O–H groups in total. The second-order valence-corrected chi connectivity index (χ2v) is 11.8. The van der Waals surface area contributed by atoms with Crippen molar-refractivity contribution in [2.45, 2.75) is 94.6 Å². The molecule has 2 aromatic heterocycles. The maximum absolute atomic E-state index is 14.6. The summed E-state index contributed by atoms with van der Waals surface area (Å²) in [6.45, 7) is 0.536. The van der Waals surface area contributed by atoms with Crippen molar-refractivity contribution < 1.29 is 22.4 Å². The van der Waals surface area contributed by atoms with Gasteiger partial charge in [-0.1, -0.05) is 18.9 Å². The molecule has 0 atom stereocenters. The normalized spacial score (nSPS) is 22.5. The number of rotatable bonds is 6. The summed E-state index contributed by atoms with van der Waals surface area (Å²) in [4.78, 5) is 28.8. The lowest BCUT2D eigenvalue weighted by Gasteiger charge is -2.33. The minimum absolute atomic E-state index is 0.0596. The molecule has 13 heteroatoms. The Labute approximate surface area is 241 Å². The van der Waals surface area contributed by atoms with Gasteiger partial charge in [0.1, 0.15) is 5.82 Å². The number of alkyl halides is 3. The number of carbonyl (C=O) groups excluding carboxylic acids is 1. The number of anilines is 2. The van der Waals surface area contributed by atoms with Crippen LogP contribution in [0.5, 0.6) is 0 Å². The summed E-state index contributed by atoms with van der Waals surface area (Å²) < 4.78 is 56.3. The average molecular weight is 589 g/mol. The standard InChI is InChI=1S/C29H36F4N8O/c30-23-21(6-3-7-22(23)29(31,32)33)27(42)40-14-12-19(13-15-40)36-25-24-26(41(16-35-24)20-4-1-2-5-20)39-28(38-25)37-18-10-8-17(34)9-11-18/h3,6-7,16-20H,1-2,4-5,8-15,34H2,(H2,36,37,38,39). The molecule has 3 aromatic rings. The fourth-order valence-electron chi connectivity index (χ4n) is 6.48. The van der Waals surface area contributed by atoms with Crippen LogP contribution in [0.3, 0.4) is 0 Å². The predicted octanol–water partition coefficient (Wildman–Crippen LogP) is 5.50. The summed E-state index contributed by atoms with van der Waals surface area (Å²) in [7, 11) is 0. The molecule has 2 aliphatic carbocycles. The monoisotopic (exact) mass is 588 g/mol. The number of amides is 1. The average Bonchev–Trinajstić information content (AvgIpc) is 3.64. The smallest absolute Gasteiger partial charge is 0.365 e. The molecule has 1 aliphatic heterocycles. The number of nitrogens with zero attached hydrogens (tertiary/aromatic N) is 5. The van der Waals surface area contributed by atoms with E-state index < -0.39 is 29.0 Å². The third-order valence-electron chi connectivity index (χ3n) is 8.90. The van der Waals surface area contributed by atoms with E-state index in [1.165, 1.54) is 17.7 Å². The molecular formula is C29H36F4N8O. The van der Waals surface area contributed by atoms with E-state index >= 15 is 0 Å². The summed E-state index contributed by atoms with van der Waals surface area (Å²) in [5, 5.41) is 7.02. The first-order valence-corrected chi connectivity index (χ1v) is 14.9. The third-order valence-corrected chi connectivity index (χ3v) is 8.90. The summed E-state index contributed by atoms with van der Waals surface area (Å²) in [5.74, 6) is -1.12. The number of carbonyl (C=O) groups is 1. The molecule has 226 valence electrons. The van der Waals surface area contributed by atoms with Gasteiger partial charge >= 0.3 is 6.18 Å². The van der Waals surface area contributed by atoms with Crippen molar-refractivity contribution in [2.24, 2.45) is 5.73 Å². The number of hydrogen-bond acceptors (Lipinski definition) is 7. The SMILES string of the molecule is NC1CCC(Nc2nc(NC3CCN(C(=O)c4cccc(C(F)(F)F)c4F)CC3)c3ncn(C4CCCC4)c3n2)CC1. The first kappa shape index (κ1) is 28.6. The second-order valence-electron chi connectivity index (χ2n) is 11.8. The quantitative estimate of drug-likeness (QED) is 0.326. The van der Waals surface area contributed by atoms with Gasteiger partial charge in [0.25, 0.3) is 5.91 Å². The Hall–Kier alpha value is -3.48. The highest BCUT2D eigenvalue weighted by atomic mass is 19.4. The highest BCUT2D eigenvalue weighted by Gasteiger charge is 2.37. The van der Waals surface area contributed by atoms with Crippen molar-refractivity contribution in [1.29, 1.82) is 0 Å². The Kier molecular flexibility index (Phi) is 7.95. The zero-order valence-corrected chi connectivity index (χ0v) is 23.3. The zero-order valence-electron chi connectivity index (χ0n) is 23.3.